The fraction of sp³-hybridized carbons (Fsp3) is 0.150. The number of benzene rings is 2. The van der Waals surface area contributed by atoms with Crippen molar-refractivity contribution in [2.45, 2.75) is 6.92 Å². The molecule has 0 heterocycles. The molecule has 2 N–H and O–H groups in total. The molecule has 2 aromatic rings. The van der Waals surface area contributed by atoms with Crippen LogP contribution in [0.25, 0.3) is 6.08 Å². The molecule has 2 rings (SSSR count). The average molecular weight is 418 g/mol. The summed E-state index contributed by atoms with van der Waals surface area (Å²) < 4.78 is 5.35. The van der Waals surface area contributed by atoms with Crippen molar-refractivity contribution in [3.63, 3.8) is 0 Å². The highest BCUT2D eigenvalue weighted by Crippen LogP contribution is 2.26. The molecular formula is C20H17Cl2N3O3. The Morgan fingerprint density at radius 2 is 1.89 bits per heavy atom. The van der Waals surface area contributed by atoms with Crippen LogP contribution in [0.5, 0.6) is 5.75 Å². The average Bonchev–Trinajstić information content (AvgIpc) is 2.68. The molecule has 144 valence electrons. The summed E-state index contributed by atoms with van der Waals surface area (Å²) in [6.45, 7) is 2.27. The number of carbonyl (C=O) groups excluding carboxylic acids is 2. The second-order valence-corrected chi connectivity index (χ2v) is 6.40. The zero-order valence-electron chi connectivity index (χ0n) is 15.0. The largest absolute Gasteiger partial charge is 0.484 e. The van der Waals surface area contributed by atoms with E-state index in [0.29, 0.717) is 33.6 Å². The number of nitriles is 1. The number of anilines is 1. The summed E-state index contributed by atoms with van der Waals surface area (Å²) >= 11 is 11.9. The summed E-state index contributed by atoms with van der Waals surface area (Å²) in [5.41, 5.74) is 0.829. The van der Waals surface area contributed by atoms with E-state index < -0.39 is 5.91 Å². The van der Waals surface area contributed by atoms with Crippen molar-refractivity contribution in [1.82, 2.24) is 5.32 Å². The van der Waals surface area contributed by atoms with E-state index in [1.165, 1.54) is 12.1 Å². The van der Waals surface area contributed by atoms with Gasteiger partial charge in [-0.15, -0.1) is 0 Å². The van der Waals surface area contributed by atoms with Gasteiger partial charge in [-0.05, 0) is 48.9 Å². The maximum atomic E-state index is 12.3. The molecule has 0 unspecified atom stereocenters. The quantitative estimate of drug-likeness (QED) is 0.524. The molecule has 8 heteroatoms. The highest BCUT2D eigenvalue weighted by Gasteiger charge is 2.12. The van der Waals surface area contributed by atoms with E-state index in [1.807, 2.05) is 13.0 Å². The van der Waals surface area contributed by atoms with Crippen LogP contribution in [0.3, 0.4) is 0 Å². The normalized spacial score (nSPS) is 10.7. The molecule has 28 heavy (non-hydrogen) atoms. The van der Waals surface area contributed by atoms with E-state index in [4.69, 9.17) is 27.9 Å². The van der Waals surface area contributed by atoms with Crippen molar-refractivity contribution >= 4 is 46.8 Å². The molecule has 0 radical (unpaired) electrons. The van der Waals surface area contributed by atoms with Gasteiger partial charge in [-0.3, -0.25) is 9.59 Å². The van der Waals surface area contributed by atoms with Gasteiger partial charge < -0.3 is 15.4 Å². The molecule has 0 bridgehead atoms. The molecule has 0 aromatic heterocycles. The predicted octanol–water partition coefficient (Wildman–Crippen LogP) is 4.05. The summed E-state index contributed by atoms with van der Waals surface area (Å²) in [5, 5.41) is 15.2. The lowest BCUT2D eigenvalue weighted by Gasteiger charge is -2.08. The summed E-state index contributed by atoms with van der Waals surface area (Å²) in [4.78, 5) is 23.7. The number of hydrogen-bond donors (Lipinski definition) is 2. The monoisotopic (exact) mass is 417 g/mol. The summed E-state index contributed by atoms with van der Waals surface area (Å²) in [6.07, 6.45) is 1.43. The second kappa shape index (κ2) is 10.4. The Hall–Kier alpha value is -3.01. The van der Waals surface area contributed by atoms with Crippen LogP contribution >= 0.6 is 23.2 Å². The molecule has 0 aliphatic rings. The van der Waals surface area contributed by atoms with Gasteiger partial charge in [-0.1, -0.05) is 35.3 Å². The minimum absolute atomic E-state index is 0.0880. The molecule has 2 aromatic carbocycles. The van der Waals surface area contributed by atoms with E-state index >= 15 is 0 Å². The van der Waals surface area contributed by atoms with Gasteiger partial charge in [0.1, 0.15) is 17.4 Å². The van der Waals surface area contributed by atoms with E-state index in [2.05, 4.69) is 10.6 Å². The van der Waals surface area contributed by atoms with E-state index in [1.54, 1.807) is 36.4 Å². The predicted molar refractivity (Wildman–Crippen MR) is 109 cm³/mol. The zero-order valence-corrected chi connectivity index (χ0v) is 16.5. The van der Waals surface area contributed by atoms with E-state index in [0.717, 1.165) is 0 Å². The summed E-state index contributed by atoms with van der Waals surface area (Å²) in [7, 11) is 0. The summed E-state index contributed by atoms with van der Waals surface area (Å²) in [6, 6.07) is 13.1. The van der Waals surface area contributed by atoms with Crippen LogP contribution in [0.15, 0.2) is 48.0 Å². The van der Waals surface area contributed by atoms with Crippen LogP contribution in [-0.2, 0) is 9.59 Å². The van der Waals surface area contributed by atoms with Gasteiger partial charge in [0.2, 0.25) is 0 Å². The van der Waals surface area contributed by atoms with Crippen LogP contribution in [0, 0.1) is 11.3 Å². The Morgan fingerprint density at radius 3 is 2.54 bits per heavy atom. The first kappa shape index (κ1) is 21.3. The zero-order chi connectivity index (χ0) is 20.5. The van der Waals surface area contributed by atoms with Crippen LogP contribution in [-0.4, -0.2) is 25.0 Å². The molecule has 0 fully saturated rings. The molecular weight excluding hydrogens is 401 g/mol. The van der Waals surface area contributed by atoms with E-state index in [9.17, 15) is 14.9 Å². The van der Waals surface area contributed by atoms with Gasteiger partial charge >= 0.3 is 0 Å². The third-order valence-corrected chi connectivity index (χ3v) is 4.04. The Labute approximate surface area is 172 Å². The third kappa shape index (κ3) is 6.31. The lowest BCUT2D eigenvalue weighted by Crippen LogP contribution is -2.28. The van der Waals surface area contributed by atoms with Gasteiger partial charge in [0.15, 0.2) is 6.61 Å². The van der Waals surface area contributed by atoms with Crippen molar-refractivity contribution in [3.05, 3.63) is 63.6 Å². The Kier molecular flexibility index (Phi) is 7.88. The van der Waals surface area contributed by atoms with Crippen molar-refractivity contribution in [2.24, 2.45) is 0 Å². The molecule has 0 spiro atoms. The smallest absolute Gasteiger partial charge is 0.266 e. The first-order valence-corrected chi connectivity index (χ1v) is 9.06. The minimum atomic E-state index is -0.608. The number of rotatable bonds is 7. The first-order valence-electron chi connectivity index (χ1n) is 8.30. The number of ether oxygens (including phenoxy) is 1. The second-order valence-electron chi connectivity index (χ2n) is 5.56. The van der Waals surface area contributed by atoms with Crippen LogP contribution < -0.4 is 15.4 Å². The van der Waals surface area contributed by atoms with Crippen molar-refractivity contribution < 1.29 is 14.3 Å². The Bertz CT molecular complexity index is 935. The van der Waals surface area contributed by atoms with E-state index in [-0.39, 0.29) is 18.1 Å². The molecule has 2 amide bonds. The van der Waals surface area contributed by atoms with Gasteiger partial charge in [0.05, 0.1) is 10.7 Å². The molecule has 0 saturated heterocycles. The SMILES string of the molecule is CCNC(=O)COc1ccc(/C=C(\C#N)C(=O)Nc2cc(Cl)ccc2Cl)cc1. The first-order chi connectivity index (χ1) is 13.4. The lowest BCUT2D eigenvalue weighted by molar-refractivity contribution is -0.123. The number of nitrogens with zero attached hydrogens (tertiary/aromatic N) is 1. The standard InChI is InChI=1S/C20H17Cl2N3O3/c1-2-24-19(26)12-28-16-6-3-13(4-7-16)9-14(11-23)20(27)25-18-10-15(21)5-8-17(18)22/h3-10H,2,12H2,1H3,(H,24,26)(H,25,27)/b14-9+. The summed E-state index contributed by atoms with van der Waals surface area (Å²) in [5.74, 6) is -0.324. The number of carbonyl (C=O) groups is 2. The molecule has 0 saturated carbocycles. The van der Waals surface area contributed by atoms with Gasteiger partial charge in [-0.25, -0.2) is 0 Å². The molecule has 0 atom stereocenters. The fourth-order valence-corrected chi connectivity index (χ4v) is 2.49. The van der Waals surface area contributed by atoms with Gasteiger partial charge in [0, 0.05) is 11.6 Å². The number of amides is 2. The Balaban J connectivity index is 2.07. The number of hydrogen-bond acceptors (Lipinski definition) is 4. The highest BCUT2D eigenvalue weighted by molar-refractivity contribution is 6.36. The number of nitrogens with one attached hydrogen (secondary N) is 2. The Morgan fingerprint density at radius 1 is 1.18 bits per heavy atom. The lowest BCUT2D eigenvalue weighted by atomic mass is 10.1. The maximum absolute atomic E-state index is 12.3. The van der Waals surface area contributed by atoms with Crippen LogP contribution in [0.1, 0.15) is 12.5 Å². The van der Waals surface area contributed by atoms with Crippen molar-refractivity contribution in [2.75, 3.05) is 18.5 Å². The van der Waals surface area contributed by atoms with Crippen molar-refractivity contribution in [1.29, 1.82) is 5.26 Å². The van der Waals surface area contributed by atoms with Crippen molar-refractivity contribution in [3.8, 4) is 11.8 Å². The highest BCUT2D eigenvalue weighted by atomic mass is 35.5. The minimum Gasteiger partial charge on any atom is -0.484 e. The topological polar surface area (TPSA) is 91.2 Å². The van der Waals surface area contributed by atoms with Gasteiger partial charge in [0.25, 0.3) is 11.8 Å². The number of halogens is 2. The molecule has 0 aliphatic carbocycles. The fourth-order valence-electron chi connectivity index (χ4n) is 2.16. The maximum Gasteiger partial charge on any atom is 0.266 e. The van der Waals surface area contributed by atoms with Gasteiger partial charge in [-0.2, -0.15) is 5.26 Å². The molecule has 6 nitrogen and oxygen atoms in total. The van der Waals surface area contributed by atoms with Crippen LogP contribution in [0.4, 0.5) is 5.69 Å². The van der Waals surface area contributed by atoms with Crippen LogP contribution in [0.2, 0.25) is 10.0 Å². The number of likely N-dealkylation sites (N-methyl/N-ethyl adjacent to an activating group) is 1. The molecule has 0 aliphatic heterocycles. The third-order valence-electron chi connectivity index (χ3n) is 3.48.